The van der Waals surface area contributed by atoms with Crippen LogP contribution < -0.4 is 11.5 Å². The largest absolute Gasteiger partial charge is 0.397 e. The van der Waals surface area contributed by atoms with Gasteiger partial charge in [-0.2, -0.15) is 0 Å². The van der Waals surface area contributed by atoms with Gasteiger partial charge in [0.15, 0.2) is 4.30 Å². The first-order chi connectivity index (χ1) is 48.1. The molecule has 0 saturated carbocycles. The molecule has 0 fully saturated rings. The van der Waals surface area contributed by atoms with Crippen molar-refractivity contribution in [1.82, 2.24) is 9.97 Å². The van der Waals surface area contributed by atoms with Gasteiger partial charge in [0.2, 0.25) is 11.6 Å². The Morgan fingerprint density at radius 1 is 0.232 bits per heavy atom. The number of ketones is 2. The molecule has 0 spiro atoms. The van der Waals surface area contributed by atoms with Crippen LogP contribution in [0.5, 0.6) is 0 Å². The summed E-state index contributed by atoms with van der Waals surface area (Å²) in [5.74, 6) is -0.932. The molecule has 6 nitrogen and oxygen atoms in total. The molecule has 15 rings (SSSR count). The topological polar surface area (TPSA) is 112 Å². The number of nitrogen functional groups attached to an aromatic ring is 2. The van der Waals surface area contributed by atoms with Crippen LogP contribution in [-0.2, 0) is 0 Å². The molecule has 4 N–H and O–H groups in total. The van der Waals surface area contributed by atoms with Gasteiger partial charge in [-0.25, -0.2) is 9.97 Å². The molecule has 15 aromatic rings. The fourth-order valence-electron chi connectivity index (χ4n) is 12.1. The molecule has 1 heterocycles. The van der Waals surface area contributed by atoms with E-state index in [-0.39, 0.29) is 7.43 Å². The average molecular weight is 1340 g/mol. The normalized spacial score (nSPS) is 10.5. The number of nitrogens with zero attached hydrogens (tertiary/aromatic N) is 2. The second-order valence-corrected chi connectivity index (χ2v) is 24.8. The summed E-state index contributed by atoms with van der Waals surface area (Å²) in [4.78, 5) is 34.7. The number of halogens is 3. The Morgan fingerprint density at radius 3 is 0.657 bits per heavy atom. The molecule has 0 aliphatic carbocycles. The summed E-state index contributed by atoms with van der Waals surface area (Å²) in [6, 6.07) is 122. The van der Waals surface area contributed by atoms with Gasteiger partial charge in [-0.1, -0.05) is 406 Å². The van der Waals surface area contributed by atoms with E-state index < -0.39 is 15.9 Å². The summed E-state index contributed by atoms with van der Waals surface area (Å²) in [5.41, 5.74) is 38.6. The van der Waals surface area contributed by atoms with Gasteiger partial charge >= 0.3 is 0 Å². The van der Waals surface area contributed by atoms with E-state index in [1.807, 2.05) is 72.8 Å². The van der Waals surface area contributed by atoms with Gasteiger partial charge in [-0.05, 0) is 66.8 Å². The Labute approximate surface area is 594 Å². The van der Waals surface area contributed by atoms with Gasteiger partial charge in [0.1, 0.15) is 0 Å². The van der Waals surface area contributed by atoms with Gasteiger partial charge in [-0.15, -0.1) is 0 Å². The zero-order valence-electron chi connectivity index (χ0n) is 53.2. The quantitative estimate of drug-likeness (QED) is 0.0515. The lowest BCUT2D eigenvalue weighted by Gasteiger charge is -2.18. The molecular formula is C90H69Cl3N4O2. The van der Waals surface area contributed by atoms with Gasteiger partial charge in [0, 0.05) is 44.5 Å². The van der Waals surface area contributed by atoms with E-state index in [2.05, 4.69) is 243 Å². The lowest BCUT2D eigenvalue weighted by atomic mass is 9.89. The SMILES string of the molecule is C.ClC(Cl)Cl.Nc1c(-c2ccccc2-c2ccccc2)ccc(-c2ccccc2-c2ccccc2)c1N.O=C(C(=O)c1ccccc1)c1ccccc1.c1ccc(-c2ccccc2-c2ccc(-c3ccccc3-c3ccccc3)c3nc(-c4ccccc4)c(-c4ccccc4)nc23)cc1. The predicted octanol–water partition coefficient (Wildman–Crippen LogP) is 24.5. The zero-order chi connectivity index (χ0) is 67.6. The van der Waals surface area contributed by atoms with E-state index in [0.717, 1.165) is 111 Å². The number of Topliss-reactive ketones (excluding diaryl/α,β-unsaturated/α-hetero) is 2. The summed E-state index contributed by atoms with van der Waals surface area (Å²) in [7, 11) is 0. The number of alkyl halides is 3. The van der Waals surface area contributed by atoms with Crippen molar-refractivity contribution < 1.29 is 9.59 Å². The summed E-state index contributed by atoms with van der Waals surface area (Å²) in [6.07, 6.45) is 0. The molecule has 0 aliphatic rings. The van der Waals surface area contributed by atoms with Crippen LogP contribution in [0.15, 0.2) is 364 Å². The van der Waals surface area contributed by atoms with Crippen molar-refractivity contribution in [2.45, 2.75) is 11.7 Å². The second-order valence-electron chi connectivity index (χ2n) is 22.8. The van der Waals surface area contributed by atoms with Gasteiger partial charge in [-0.3, -0.25) is 9.59 Å². The molecular weight excluding hydrogens is 1280 g/mol. The number of fused-ring (bicyclic) bond motifs is 1. The molecule has 14 aromatic carbocycles. The monoisotopic (exact) mass is 1340 g/mol. The van der Waals surface area contributed by atoms with Crippen LogP contribution in [0, 0.1) is 0 Å². The molecule has 0 amide bonds. The maximum absolute atomic E-state index is 11.8. The number of benzene rings is 14. The number of anilines is 2. The number of hydrogen-bond acceptors (Lipinski definition) is 6. The molecule has 99 heavy (non-hydrogen) atoms. The van der Waals surface area contributed by atoms with Crippen molar-refractivity contribution >= 4 is 68.8 Å². The van der Waals surface area contributed by atoms with Gasteiger partial charge in [0.05, 0.1) is 33.8 Å². The lowest BCUT2D eigenvalue weighted by Crippen LogP contribution is -2.14. The maximum atomic E-state index is 11.8. The summed E-state index contributed by atoms with van der Waals surface area (Å²) in [5, 5.41) is 0. The molecule has 0 saturated heterocycles. The fourth-order valence-corrected chi connectivity index (χ4v) is 12.1. The molecule has 0 unspecified atom stereocenters. The Morgan fingerprint density at radius 2 is 0.414 bits per heavy atom. The van der Waals surface area contributed by atoms with Crippen LogP contribution >= 0.6 is 34.8 Å². The van der Waals surface area contributed by atoms with Crippen LogP contribution in [0.3, 0.4) is 0 Å². The van der Waals surface area contributed by atoms with Crippen molar-refractivity contribution in [2.24, 2.45) is 0 Å². The average Bonchev–Trinajstić information content (AvgIpc) is 0.744. The molecule has 0 aliphatic heterocycles. The Bertz CT molecular complexity index is 4840. The second kappa shape index (κ2) is 33.3. The highest BCUT2D eigenvalue weighted by Gasteiger charge is 2.23. The van der Waals surface area contributed by atoms with Gasteiger partial charge in [0.25, 0.3) is 0 Å². The Kier molecular flexibility index (Phi) is 23.1. The molecule has 482 valence electrons. The van der Waals surface area contributed by atoms with E-state index in [9.17, 15) is 9.59 Å². The molecule has 0 radical (unpaired) electrons. The Balaban J connectivity index is 0.000000161. The summed E-state index contributed by atoms with van der Waals surface area (Å²) in [6.45, 7) is 0. The van der Waals surface area contributed by atoms with E-state index in [1.165, 1.54) is 11.1 Å². The molecule has 0 atom stereocenters. The highest BCUT2D eigenvalue weighted by molar-refractivity contribution is 6.63. The van der Waals surface area contributed by atoms with E-state index in [4.69, 9.17) is 56.2 Å². The maximum Gasteiger partial charge on any atom is 0.233 e. The Hall–Kier alpha value is -11.8. The van der Waals surface area contributed by atoms with E-state index >= 15 is 0 Å². The minimum absolute atomic E-state index is 0. The van der Waals surface area contributed by atoms with Crippen molar-refractivity contribution in [3.63, 3.8) is 0 Å². The van der Waals surface area contributed by atoms with E-state index in [1.54, 1.807) is 48.5 Å². The number of carbonyl (C=O) groups is 2. The number of rotatable bonds is 13. The van der Waals surface area contributed by atoms with Crippen LogP contribution in [0.4, 0.5) is 11.4 Å². The third kappa shape index (κ3) is 16.2. The highest BCUT2D eigenvalue weighted by Crippen LogP contribution is 2.46. The number of aromatic nitrogens is 2. The fraction of sp³-hybridized carbons (Fsp3) is 0.0222. The smallest absolute Gasteiger partial charge is 0.233 e. The zero-order valence-corrected chi connectivity index (χ0v) is 55.5. The molecule has 0 bridgehead atoms. The van der Waals surface area contributed by atoms with Crippen molar-refractivity contribution in [1.29, 1.82) is 0 Å². The molecule has 9 heteroatoms. The number of carbonyl (C=O) groups excluding carboxylic acids is 2. The summed E-state index contributed by atoms with van der Waals surface area (Å²) >= 11 is 14.4. The number of hydrogen-bond donors (Lipinski definition) is 2. The first-order valence-electron chi connectivity index (χ1n) is 32.0. The van der Waals surface area contributed by atoms with Crippen LogP contribution in [0.2, 0.25) is 0 Å². The molecule has 1 aromatic heterocycles. The lowest BCUT2D eigenvalue weighted by molar-refractivity contribution is 0.0817. The minimum atomic E-state index is -0.750. The standard InChI is InChI=1S/C44H30N2.C30H24N2.C14H10O2.CHCl3.CH4/c1-5-17-31(18-6-1)35-25-13-15-27-37(35)39-29-30-40(38-28-16-14-26-36(38)32-19-7-2-8-20-32)44-43(39)45-41(33-21-9-3-10-22-33)42(46-44)34-23-11-4-12-24-34;31-29-27(25-17-9-7-15-23(25)21-11-3-1-4-12-21)19-20-28(30(29)32)26-18-10-8-16-24(26)22-13-5-2-6-14-22;15-13(11-7-3-1-4-8-11)14(16)12-9-5-2-6-10-12;2-1(3)4;/h1-30H;1-20H,31-32H2;1-10H;1H;1H4. The third-order valence-corrected chi connectivity index (χ3v) is 16.7. The third-order valence-electron chi connectivity index (χ3n) is 16.7. The first kappa shape index (κ1) is 68.6. The van der Waals surface area contributed by atoms with Crippen LogP contribution in [0.25, 0.3) is 123 Å². The summed E-state index contributed by atoms with van der Waals surface area (Å²) < 4.78 is -0.750. The van der Waals surface area contributed by atoms with Crippen molar-refractivity contribution in [3.05, 3.63) is 375 Å². The van der Waals surface area contributed by atoms with Crippen LogP contribution in [-0.4, -0.2) is 25.8 Å². The van der Waals surface area contributed by atoms with Crippen molar-refractivity contribution in [2.75, 3.05) is 11.5 Å². The van der Waals surface area contributed by atoms with Crippen LogP contribution in [0.1, 0.15) is 28.1 Å². The first-order valence-corrected chi connectivity index (χ1v) is 33.3. The minimum Gasteiger partial charge on any atom is -0.397 e. The predicted molar refractivity (Wildman–Crippen MR) is 419 cm³/mol. The van der Waals surface area contributed by atoms with E-state index in [0.29, 0.717) is 22.5 Å². The van der Waals surface area contributed by atoms with Crippen molar-refractivity contribution in [3.8, 4) is 112 Å². The number of nitrogens with two attached hydrogens (primary N) is 2. The van der Waals surface area contributed by atoms with Gasteiger partial charge < -0.3 is 11.5 Å². The highest BCUT2D eigenvalue weighted by atomic mass is 35.6.